The van der Waals surface area contributed by atoms with Crippen molar-refractivity contribution in [3.8, 4) is 0 Å². The van der Waals surface area contributed by atoms with E-state index in [4.69, 9.17) is 5.73 Å². The van der Waals surface area contributed by atoms with Crippen LogP contribution in [0.15, 0.2) is 48.8 Å². The number of aryl methyl sites for hydroxylation is 1. The van der Waals surface area contributed by atoms with Crippen LogP contribution in [-0.2, 0) is 12.6 Å². The smallest absolute Gasteiger partial charge is 0.382 e. The van der Waals surface area contributed by atoms with E-state index in [0.717, 1.165) is 53.4 Å². The van der Waals surface area contributed by atoms with Crippen molar-refractivity contribution < 1.29 is 18.0 Å². The average Bonchev–Trinajstić information content (AvgIpc) is 3.23. The maximum atomic E-state index is 12.6. The van der Waals surface area contributed by atoms with Gasteiger partial charge in [0, 0.05) is 17.5 Å². The Morgan fingerprint density at radius 1 is 1.10 bits per heavy atom. The summed E-state index contributed by atoms with van der Waals surface area (Å²) in [6.45, 7) is 0.424. The molecule has 4 N–H and O–H groups in total. The second-order valence-corrected chi connectivity index (χ2v) is 7.22. The number of hydrogen-bond donors (Lipinski definition) is 3. The van der Waals surface area contributed by atoms with Crippen molar-refractivity contribution in [2.24, 2.45) is 0 Å². The molecule has 0 unspecified atom stereocenters. The summed E-state index contributed by atoms with van der Waals surface area (Å²) in [4.78, 5) is 24.0. The van der Waals surface area contributed by atoms with Crippen LogP contribution in [0, 0.1) is 0 Å². The minimum absolute atomic E-state index is 0.201. The quantitative estimate of drug-likeness (QED) is 0.396. The van der Waals surface area contributed by atoms with E-state index in [1.54, 1.807) is 6.33 Å². The highest BCUT2D eigenvalue weighted by Gasteiger charge is 2.30. The van der Waals surface area contributed by atoms with Gasteiger partial charge in [0.05, 0.1) is 17.4 Å². The van der Waals surface area contributed by atoms with Gasteiger partial charge in [0.15, 0.2) is 0 Å². The van der Waals surface area contributed by atoms with E-state index in [1.165, 1.54) is 12.1 Å². The molecule has 0 atom stereocenters. The molecule has 0 bridgehead atoms. The first-order chi connectivity index (χ1) is 14.8. The molecule has 0 fully saturated rings. The second-order valence-electron chi connectivity index (χ2n) is 7.22. The first kappa shape index (κ1) is 20.6. The van der Waals surface area contributed by atoms with E-state index in [9.17, 15) is 18.0 Å². The van der Waals surface area contributed by atoms with Gasteiger partial charge in [-0.3, -0.25) is 4.79 Å². The number of aromatic nitrogens is 3. The van der Waals surface area contributed by atoms with Crippen LogP contribution < -0.4 is 11.1 Å². The van der Waals surface area contributed by atoms with Crippen LogP contribution in [0.4, 0.5) is 19.0 Å². The minimum atomic E-state index is -4.42. The number of H-pyrrole nitrogens is 1. The Morgan fingerprint density at radius 2 is 1.87 bits per heavy atom. The van der Waals surface area contributed by atoms with E-state index >= 15 is 0 Å². The highest BCUT2D eigenvalue weighted by atomic mass is 19.4. The number of halogens is 3. The van der Waals surface area contributed by atoms with E-state index in [2.05, 4.69) is 20.3 Å². The van der Waals surface area contributed by atoms with Crippen LogP contribution in [0.5, 0.6) is 0 Å². The van der Waals surface area contributed by atoms with Crippen molar-refractivity contribution in [3.63, 3.8) is 0 Å². The molecule has 31 heavy (non-hydrogen) atoms. The number of aromatic amines is 1. The molecule has 6 nitrogen and oxygen atoms in total. The number of nitrogen functional groups attached to an aromatic ring is 1. The Morgan fingerprint density at radius 3 is 2.61 bits per heavy atom. The van der Waals surface area contributed by atoms with Crippen molar-refractivity contribution in [2.75, 3.05) is 12.3 Å². The number of rotatable bonds is 6. The van der Waals surface area contributed by atoms with Crippen molar-refractivity contribution in [1.82, 2.24) is 20.3 Å². The maximum absolute atomic E-state index is 12.6. The molecule has 2 aromatic carbocycles. The van der Waals surface area contributed by atoms with Crippen LogP contribution in [-0.4, -0.2) is 27.4 Å². The number of anilines is 1. The Hall–Kier alpha value is -3.62. The number of nitrogens with zero attached hydrogens (tertiary/aromatic N) is 2. The molecular formula is C22H20F3N5O. The summed E-state index contributed by atoms with van der Waals surface area (Å²) in [7, 11) is 0. The van der Waals surface area contributed by atoms with Gasteiger partial charge < -0.3 is 16.0 Å². The van der Waals surface area contributed by atoms with Gasteiger partial charge in [-0.25, -0.2) is 9.97 Å². The molecule has 1 amide bonds. The van der Waals surface area contributed by atoms with Crippen LogP contribution in [0.3, 0.4) is 0 Å². The third-order valence-corrected chi connectivity index (χ3v) is 5.13. The highest BCUT2D eigenvalue weighted by molar-refractivity contribution is 6.07. The summed E-state index contributed by atoms with van der Waals surface area (Å²) in [5.74, 6) is 0.0138. The molecule has 0 spiro atoms. The lowest BCUT2D eigenvalue weighted by Gasteiger charge is -2.09. The van der Waals surface area contributed by atoms with E-state index in [-0.39, 0.29) is 5.56 Å². The number of alkyl halides is 3. The fourth-order valence-electron chi connectivity index (χ4n) is 3.58. The van der Waals surface area contributed by atoms with Crippen LogP contribution in [0.25, 0.3) is 21.9 Å². The Balaban J connectivity index is 1.35. The molecule has 160 valence electrons. The number of unbranched alkanes of at least 4 members (excludes halogenated alkanes) is 1. The largest absolute Gasteiger partial charge is 0.416 e. The number of nitrogens with one attached hydrogen (secondary N) is 2. The Kier molecular flexibility index (Phi) is 5.50. The molecule has 9 heteroatoms. The average molecular weight is 427 g/mol. The monoisotopic (exact) mass is 427 g/mol. The number of hydrogen-bond acceptors (Lipinski definition) is 4. The molecular weight excluding hydrogens is 407 g/mol. The predicted molar refractivity (Wildman–Crippen MR) is 113 cm³/mol. The molecule has 4 rings (SSSR count). The number of carbonyl (C=O) groups excluding carboxylic acids is 1. The molecule has 4 aromatic rings. The topological polar surface area (TPSA) is 96.7 Å². The van der Waals surface area contributed by atoms with E-state index in [1.807, 2.05) is 18.2 Å². The first-order valence-corrected chi connectivity index (χ1v) is 9.80. The molecule has 0 aliphatic rings. The lowest BCUT2D eigenvalue weighted by atomic mass is 10.0. The molecule has 0 saturated carbocycles. The molecule has 0 saturated heterocycles. The van der Waals surface area contributed by atoms with E-state index < -0.39 is 17.6 Å². The minimum Gasteiger partial charge on any atom is -0.382 e. The van der Waals surface area contributed by atoms with Gasteiger partial charge in [0.1, 0.15) is 16.9 Å². The van der Waals surface area contributed by atoms with Crippen molar-refractivity contribution in [2.45, 2.75) is 25.4 Å². The lowest BCUT2D eigenvalue weighted by molar-refractivity contribution is -0.137. The first-order valence-electron chi connectivity index (χ1n) is 9.80. The maximum Gasteiger partial charge on any atom is 0.416 e. The van der Waals surface area contributed by atoms with Crippen molar-refractivity contribution in [1.29, 1.82) is 0 Å². The predicted octanol–water partition coefficient (Wildman–Crippen LogP) is 4.46. The van der Waals surface area contributed by atoms with Gasteiger partial charge in [-0.2, -0.15) is 13.2 Å². The molecule has 0 aliphatic heterocycles. The third kappa shape index (κ3) is 4.30. The SMILES string of the molecule is Nc1nc2cccc(CCCCNC(=O)c3ccc(C(F)(F)F)cc3)c2c2nc[nH]c12. The lowest BCUT2D eigenvalue weighted by Crippen LogP contribution is -2.24. The molecule has 2 heterocycles. The Bertz CT molecular complexity index is 1230. The van der Waals surface area contributed by atoms with Crippen molar-refractivity contribution >= 4 is 33.7 Å². The second kappa shape index (κ2) is 8.25. The zero-order chi connectivity index (χ0) is 22.0. The number of fused-ring (bicyclic) bond motifs is 3. The normalized spacial score (nSPS) is 11.8. The summed E-state index contributed by atoms with van der Waals surface area (Å²) in [6, 6.07) is 10.0. The van der Waals surface area contributed by atoms with Crippen molar-refractivity contribution in [3.05, 3.63) is 65.5 Å². The van der Waals surface area contributed by atoms with E-state index in [0.29, 0.717) is 17.9 Å². The van der Waals surface area contributed by atoms with Crippen LogP contribution in [0.2, 0.25) is 0 Å². The van der Waals surface area contributed by atoms with Gasteiger partial charge in [-0.15, -0.1) is 0 Å². The number of amides is 1. The molecule has 0 radical (unpaired) electrons. The van der Waals surface area contributed by atoms with Gasteiger partial charge in [-0.05, 0) is 55.2 Å². The fourth-order valence-corrected chi connectivity index (χ4v) is 3.58. The van der Waals surface area contributed by atoms with Gasteiger partial charge in [0.25, 0.3) is 5.91 Å². The number of imidazole rings is 1. The Labute approximate surface area is 175 Å². The molecule has 2 aromatic heterocycles. The summed E-state index contributed by atoms with van der Waals surface area (Å²) >= 11 is 0. The number of nitrogens with two attached hydrogens (primary N) is 1. The number of benzene rings is 2. The summed E-state index contributed by atoms with van der Waals surface area (Å²) in [5, 5.41) is 3.71. The van der Waals surface area contributed by atoms with Gasteiger partial charge in [-0.1, -0.05) is 12.1 Å². The van der Waals surface area contributed by atoms with Crippen LogP contribution >= 0.6 is 0 Å². The number of carbonyl (C=O) groups is 1. The van der Waals surface area contributed by atoms with Gasteiger partial charge >= 0.3 is 6.18 Å². The highest BCUT2D eigenvalue weighted by Crippen LogP contribution is 2.30. The summed E-state index contributed by atoms with van der Waals surface area (Å²) < 4.78 is 37.9. The standard InChI is InChI=1S/C22H20F3N5O/c23-22(24,25)15-9-7-14(8-10-15)21(31)27-11-2-1-4-13-5-3-6-16-17(13)18-19(20(26)30-16)29-12-28-18/h3,5-10,12H,1-2,4,11H2,(H2,26,30)(H,27,31)(H,28,29). The molecule has 0 aliphatic carbocycles. The fraction of sp³-hybridized carbons (Fsp3) is 0.227. The summed E-state index contributed by atoms with van der Waals surface area (Å²) in [6.07, 6.45) is -0.534. The zero-order valence-corrected chi connectivity index (χ0v) is 16.5. The summed E-state index contributed by atoms with van der Waals surface area (Å²) in [5.41, 5.74) is 8.78. The third-order valence-electron chi connectivity index (χ3n) is 5.13. The zero-order valence-electron chi connectivity index (χ0n) is 16.5. The number of pyridine rings is 1. The van der Waals surface area contributed by atoms with Crippen LogP contribution in [0.1, 0.15) is 34.3 Å². The van der Waals surface area contributed by atoms with Gasteiger partial charge in [0.2, 0.25) is 0 Å².